The van der Waals surface area contributed by atoms with Gasteiger partial charge in [-0.05, 0) is 35.9 Å². The van der Waals surface area contributed by atoms with Gasteiger partial charge in [0.2, 0.25) is 0 Å². The first-order valence-corrected chi connectivity index (χ1v) is 9.93. The van der Waals surface area contributed by atoms with Crippen molar-refractivity contribution in [3.05, 3.63) is 54.4 Å². The van der Waals surface area contributed by atoms with Crippen molar-refractivity contribution in [2.24, 2.45) is 0 Å². The van der Waals surface area contributed by atoms with Gasteiger partial charge in [-0.3, -0.25) is 4.90 Å². The fourth-order valence-electron chi connectivity index (χ4n) is 3.70. The molecular formula is C22H26N4O4. The molecule has 1 fully saturated rings. The van der Waals surface area contributed by atoms with E-state index in [2.05, 4.69) is 39.1 Å². The number of carbonyl (C=O) groups excluding carboxylic acids is 1. The van der Waals surface area contributed by atoms with Crippen LogP contribution in [0.1, 0.15) is 11.6 Å². The molecule has 1 aliphatic heterocycles. The summed E-state index contributed by atoms with van der Waals surface area (Å²) in [6, 6.07) is 13.8. The van der Waals surface area contributed by atoms with Crippen molar-refractivity contribution < 1.29 is 19.0 Å². The Bertz CT molecular complexity index is 980. The first-order valence-electron chi connectivity index (χ1n) is 9.93. The van der Waals surface area contributed by atoms with E-state index in [1.807, 2.05) is 18.2 Å². The molecule has 1 aliphatic rings. The third-order valence-corrected chi connectivity index (χ3v) is 5.33. The maximum atomic E-state index is 12.5. The van der Waals surface area contributed by atoms with Gasteiger partial charge in [-0.1, -0.05) is 12.1 Å². The topological polar surface area (TPSA) is 79.9 Å². The van der Waals surface area contributed by atoms with Crippen molar-refractivity contribution in [2.75, 3.05) is 56.9 Å². The first kappa shape index (κ1) is 20.2. The predicted molar refractivity (Wildman–Crippen MR) is 115 cm³/mol. The number of methoxy groups -OCH3 is 2. The van der Waals surface area contributed by atoms with E-state index in [4.69, 9.17) is 14.2 Å². The van der Waals surface area contributed by atoms with E-state index in [-0.39, 0.29) is 12.1 Å². The highest BCUT2D eigenvalue weighted by Gasteiger charge is 2.35. The zero-order valence-corrected chi connectivity index (χ0v) is 17.2. The normalized spacial score (nSPS) is 16.3. The second kappa shape index (κ2) is 9.15. The summed E-state index contributed by atoms with van der Waals surface area (Å²) in [6.45, 7) is 3.15. The van der Waals surface area contributed by atoms with Crippen LogP contribution in [-0.2, 0) is 14.2 Å². The molecule has 8 nitrogen and oxygen atoms in total. The van der Waals surface area contributed by atoms with Crippen molar-refractivity contribution in [2.45, 2.75) is 6.04 Å². The minimum absolute atomic E-state index is 0.186. The molecule has 0 spiro atoms. The molecule has 1 N–H and O–H groups in total. The third-order valence-electron chi connectivity index (χ3n) is 5.33. The van der Waals surface area contributed by atoms with Crippen molar-refractivity contribution in [3.8, 4) is 0 Å². The largest absolute Gasteiger partial charge is 0.447 e. The average Bonchev–Trinajstić information content (AvgIpc) is 3.40. The summed E-state index contributed by atoms with van der Waals surface area (Å²) in [4.78, 5) is 23.8. The summed E-state index contributed by atoms with van der Waals surface area (Å²) < 4.78 is 15.8. The van der Waals surface area contributed by atoms with Crippen molar-refractivity contribution in [1.82, 2.24) is 9.97 Å². The molecule has 0 radical (unpaired) electrons. The molecule has 8 heteroatoms. The van der Waals surface area contributed by atoms with Crippen LogP contribution in [0.3, 0.4) is 0 Å². The number of hydrogen-bond acceptors (Lipinski definition) is 6. The van der Waals surface area contributed by atoms with E-state index in [1.165, 1.54) is 0 Å². The van der Waals surface area contributed by atoms with E-state index in [0.29, 0.717) is 19.8 Å². The van der Waals surface area contributed by atoms with Gasteiger partial charge in [0.05, 0.1) is 42.3 Å². The van der Waals surface area contributed by atoms with Crippen LogP contribution in [-0.4, -0.2) is 63.2 Å². The number of aromatic nitrogens is 2. The number of carbonyl (C=O) groups is 1. The lowest BCUT2D eigenvalue weighted by molar-refractivity contribution is 0.179. The number of H-pyrrole nitrogens is 1. The number of benzene rings is 2. The van der Waals surface area contributed by atoms with Gasteiger partial charge in [0.15, 0.2) is 0 Å². The molecule has 2 aromatic carbocycles. The summed E-state index contributed by atoms with van der Waals surface area (Å²) >= 11 is 0. The van der Waals surface area contributed by atoms with Gasteiger partial charge in [-0.2, -0.15) is 0 Å². The molecule has 3 aromatic rings. The molecule has 158 valence electrons. The van der Waals surface area contributed by atoms with Crippen LogP contribution < -0.4 is 9.80 Å². The summed E-state index contributed by atoms with van der Waals surface area (Å²) in [5.74, 6) is 0. The number of nitrogens with one attached hydrogen (secondary N) is 1. The number of ether oxygens (including phenoxy) is 3. The lowest BCUT2D eigenvalue weighted by Crippen LogP contribution is -2.30. The Labute approximate surface area is 175 Å². The van der Waals surface area contributed by atoms with Crippen LogP contribution in [0.4, 0.5) is 16.2 Å². The first-order chi connectivity index (χ1) is 14.7. The monoisotopic (exact) mass is 410 g/mol. The van der Waals surface area contributed by atoms with Crippen LogP contribution in [0.15, 0.2) is 48.8 Å². The summed E-state index contributed by atoms with van der Waals surface area (Å²) in [6.07, 6.45) is 1.30. The highest BCUT2D eigenvalue weighted by Crippen LogP contribution is 2.34. The zero-order valence-electron chi connectivity index (χ0n) is 17.2. The number of aromatic amines is 1. The third kappa shape index (κ3) is 4.10. The smallest absolute Gasteiger partial charge is 0.415 e. The van der Waals surface area contributed by atoms with Crippen molar-refractivity contribution >= 4 is 28.5 Å². The van der Waals surface area contributed by atoms with Gasteiger partial charge in [-0.25, -0.2) is 9.78 Å². The maximum Gasteiger partial charge on any atom is 0.415 e. The number of cyclic esters (lactones) is 1. The highest BCUT2D eigenvalue weighted by atomic mass is 16.6. The minimum atomic E-state index is -0.347. The van der Waals surface area contributed by atoms with E-state index < -0.39 is 0 Å². The molecule has 0 aliphatic carbocycles. The van der Waals surface area contributed by atoms with Crippen molar-refractivity contribution in [3.63, 3.8) is 0 Å². The SMILES string of the molecule is COCCN(CCOC)c1ccc(C2COC(=O)N2c2ccc3[nH]cnc3c2)cc1. The number of anilines is 2. The summed E-state index contributed by atoms with van der Waals surface area (Å²) in [5, 5.41) is 0. The number of fused-ring (bicyclic) bond motifs is 1. The van der Waals surface area contributed by atoms with Gasteiger partial charge < -0.3 is 24.1 Å². The molecule has 1 saturated heterocycles. The maximum absolute atomic E-state index is 12.5. The summed E-state index contributed by atoms with van der Waals surface area (Å²) in [5.41, 5.74) is 4.62. The Balaban J connectivity index is 1.56. The Morgan fingerprint density at radius 2 is 1.87 bits per heavy atom. The van der Waals surface area contributed by atoms with E-state index in [1.54, 1.807) is 25.4 Å². The molecule has 1 unspecified atom stereocenters. The number of imidazole rings is 1. The molecule has 4 rings (SSSR count). The zero-order chi connectivity index (χ0) is 20.9. The number of rotatable bonds is 9. The lowest BCUT2D eigenvalue weighted by atomic mass is 10.1. The lowest BCUT2D eigenvalue weighted by Gasteiger charge is -2.26. The van der Waals surface area contributed by atoms with Crippen LogP contribution in [0, 0.1) is 0 Å². The van der Waals surface area contributed by atoms with Gasteiger partial charge in [0.1, 0.15) is 6.61 Å². The predicted octanol–water partition coefficient (Wildman–Crippen LogP) is 3.36. The molecule has 0 bridgehead atoms. The molecule has 30 heavy (non-hydrogen) atoms. The summed E-state index contributed by atoms with van der Waals surface area (Å²) in [7, 11) is 3.40. The Morgan fingerprint density at radius 3 is 2.57 bits per heavy atom. The fraction of sp³-hybridized carbons (Fsp3) is 0.364. The van der Waals surface area contributed by atoms with Crippen LogP contribution in [0.5, 0.6) is 0 Å². The number of hydrogen-bond donors (Lipinski definition) is 1. The van der Waals surface area contributed by atoms with E-state index in [0.717, 1.165) is 41.1 Å². The fourth-order valence-corrected chi connectivity index (χ4v) is 3.70. The molecular weight excluding hydrogens is 384 g/mol. The van der Waals surface area contributed by atoms with Gasteiger partial charge in [-0.15, -0.1) is 0 Å². The Kier molecular flexibility index (Phi) is 6.15. The van der Waals surface area contributed by atoms with Crippen LogP contribution >= 0.6 is 0 Å². The van der Waals surface area contributed by atoms with Crippen LogP contribution in [0.25, 0.3) is 11.0 Å². The molecule has 1 aromatic heterocycles. The Hall–Kier alpha value is -3.10. The second-order valence-corrected chi connectivity index (χ2v) is 7.13. The number of amides is 1. The number of nitrogens with zero attached hydrogens (tertiary/aromatic N) is 3. The minimum Gasteiger partial charge on any atom is -0.447 e. The molecule has 2 heterocycles. The van der Waals surface area contributed by atoms with Crippen LogP contribution in [0.2, 0.25) is 0 Å². The second-order valence-electron chi connectivity index (χ2n) is 7.13. The standard InChI is InChI=1S/C22H26N4O4/c1-28-11-9-25(10-12-29-2)17-5-3-16(4-6-17)21-14-30-22(27)26(21)18-7-8-19-20(13-18)24-15-23-19/h3-8,13,15,21H,9-12,14H2,1-2H3,(H,23,24). The average molecular weight is 410 g/mol. The highest BCUT2D eigenvalue weighted by molar-refractivity contribution is 5.93. The molecule has 1 amide bonds. The van der Waals surface area contributed by atoms with Gasteiger partial charge in [0, 0.05) is 33.0 Å². The Morgan fingerprint density at radius 1 is 1.13 bits per heavy atom. The molecule has 0 saturated carbocycles. The quantitative estimate of drug-likeness (QED) is 0.583. The molecule has 1 atom stereocenters. The van der Waals surface area contributed by atoms with Crippen molar-refractivity contribution in [1.29, 1.82) is 0 Å². The van der Waals surface area contributed by atoms with Gasteiger partial charge in [0.25, 0.3) is 0 Å². The van der Waals surface area contributed by atoms with E-state index >= 15 is 0 Å². The van der Waals surface area contributed by atoms with Gasteiger partial charge >= 0.3 is 6.09 Å². The van der Waals surface area contributed by atoms with E-state index in [9.17, 15) is 4.79 Å².